The molecule has 6 nitrogen and oxygen atoms in total. The standard InChI is InChI=1S/C15H13NO5/c1-6(17)9-4-5-10-13(11(9)7(2)18)12(8(3)19)14(20)15(21)16-10/h4-5,20H,1-3H3,(H,16,21). The van der Waals surface area contributed by atoms with Crippen molar-refractivity contribution in [3.05, 3.63) is 28.8 Å². The van der Waals surface area contributed by atoms with Crippen LogP contribution in [0.2, 0.25) is 0 Å². The van der Waals surface area contributed by atoms with Crippen molar-refractivity contribution in [1.82, 2.24) is 4.98 Å². The molecule has 0 fully saturated rings. The van der Waals surface area contributed by atoms with E-state index < -0.39 is 23.2 Å². The minimum absolute atomic E-state index is 0.0213. The van der Waals surface area contributed by atoms with Crippen LogP contribution in [-0.4, -0.2) is 32.5 Å². The van der Waals surface area contributed by atoms with E-state index in [1.807, 2.05) is 0 Å². The first-order chi connectivity index (χ1) is 9.75. The van der Waals surface area contributed by atoms with Gasteiger partial charge >= 0.3 is 0 Å². The van der Waals surface area contributed by atoms with E-state index in [0.717, 1.165) is 0 Å². The lowest BCUT2D eigenvalue weighted by Crippen LogP contribution is -2.09. The Hall–Kier alpha value is -2.76. The Bertz CT molecular complexity index is 808. The molecule has 0 bridgehead atoms. The van der Waals surface area contributed by atoms with Gasteiger partial charge in [-0.05, 0) is 32.9 Å². The zero-order valence-corrected chi connectivity index (χ0v) is 11.7. The van der Waals surface area contributed by atoms with Crippen LogP contribution >= 0.6 is 0 Å². The molecule has 0 aliphatic rings. The highest BCUT2D eigenvalue weighted by Gasteiger charge is 2.24. The van der Waals surface area contributed by atoms with E-state index in [1.54, 1.807) is 0 Å². The summed E-state index contributed by atoms with van der Waals surface area (Å²) in [6.45, 7) is 3.75. The van der Waals surface area contributed by atoms with Crippen molar-refractivity contribution < 1.29 is 24.6 Å². The van der Waals surface area contributed by atoms with E-state index in [1.165, 1.54) is 32.9 Å². The minimum Gasteiger partial charge on any atom is -0.503 e. The number of hydrogen-bond donors (Lipinski definition) is 2. The van der Waals surface area contributed by atoms with Gasteiger partial charge in [0.15, 0.2) is 23.1 Å². The summed E-state index contributed by atoms with van der Waals surface area (Å²) in [5.41, 5.74) is 0.105. The van der Waals surface area contributed by atoms with Crippen LogP contribution in [-0.2, 0) is 0 Å². The van der Waals surface area contributed by atoms with Gasteiger partial charge in [0.05, 0.1) is 11.1 Å². The van der Waals surface area contributed by atoms with Crippen molar-refractivity contribution in [1.29, 1.82) is 0 Å². The number of carbonyl (C=O) groups excluding carboxylic acids is 3. The number of rotatable bonds is 3. The van der Waals surface area contributed by atoms with Gasteiger partial charge in [0.2, 0.25) is 0 Å². The molecule has 1 aromatic carbocycles. The zero-order chi connectivity index (χ0) is 15.9. The third-order valence-corrected chi connectivity index (χ3v) is 3.19. The van der Waals surface area contributed by atoms with Crippen LogP contribution in [0.4, 0.5) is 0 Å². The summed E-state index contributed by atoms with van der Waals surface area (Å²) >= 11 is 0. The molecule has 21 heavy (non-hydrogen) atoms. The molecule has 0 amide bonds. The third-order valence-electron chi connectivity index (χ3n) is 3.19. The summed E-state index contributed by atoms with van der Waals surface area (Å²) in [7, 11) is 0. The van der Waals surface area contributed by atoms with Gasteiger partial charge < -0.3 is 10.2 Å². The monoisotopic (exact) mass is 287 g/mol. The number of ketones is 3. The molecule has 0 radical (unpaired) electrons. The molecule has 108 valence electrons. The summed E-state index contributed by atoms with van der Waals surface area (Å²) in [5.74, 6) is -2.71. The van der Waals surface area contributed by atoms with Crippen molar-refractivity contribution in [2.45, 2.75) is 20.8 Å². The molecule has 0 saturated carbocycles. The first-order valence-corrected chi connectivity index (χ1v) is 6.17. The van der Waals surface area contributed by atoms with Gasteiger partial charge in [0.1, 0.15) is 0 Å². The number of aromatic hydroxyl groups is 2. The Morgan fingerprint density at radius 2 is 1.48 bits per heavy atom. The van der Waals surface area contributed by atoms with Crippen LogP contribution in [0.1, 0.15) is 51.8 Å². The largest absolute Gasteiger partial charge is 0.503 e. The van der Waals surface area contributed by atoms with Gasteiger partial charge in [-0.3, -0.25) is 14.4 Å². The molecule has 2 aromatic rings. The molecule has 0 unspecified atom stereocenters. The fraction of sp³-hybridized carbons (Fsp3) is 0.200. The number of nitrogens with zero attached hydrogens (tertiary/aromatic N) is 1. The zero-order valence-electron chi connectivity index (χ0n) is 11.7. The van der Waals surface area contributed by atoms with Crippen molar-refractivity contribution >= 4 is 28.3 Å². The van der Waals surface area contributed by atoms with Gasteiger partial charge in [-0.25, -0.2) is 4.98 Å². The van der Waals surface area contributed by atoms with Gasteiger partial charge in [-0.15, -0.1) is 0 Å². The molecule has 2 rings (SSSR count). The maximum atomic E-state index is 11.9. The van der Waals surface area contributed by atoms with Crippen LogP contribution < -0.4 is 0 Å². The average Bonchev–Trinajstić information content (AvgIpc) is 2.37. The Morgan fingerprint density at radius 1 is 0.905 bits per heavy atom. The predicted octanol–water partition coefficient (Wildman–Crippen LogP) is 2.25. The van der Waals surface area contributed by atoms with Gasteiger partial charge in [0.25, 0.3) is 5.88 Å². The number of pyridine rings is 1. The second-order valence-electron chi connectivity index (χ2n) is 4.71. The Morgan fingerprint density at radius 3 is 1.95 bits per heavy atom. The summed E-state index contributed by atoms with van der Waals surface area (Å²) in [6, 6.07) is 2.83. The number of Topliss-reactive ketones (excluding diaryl/α,β-unsaturated/α-hetero) is 3. The van der Waals surface area contributed by atoms with E-state index in [2.05, 4.69) is 4.98 Å². The third kappa shape index (κ3) is 2.24. The number of carbonyl (C=O) groups is 3. The fourth-order valence-electron chi connectivity index (χ4n) is 2.34. The average molecular weight is 287 g/mol. The summed E-state index contributed by atoms with van der Waals surface area (Å²) in [6.07, 6.45) is 0. The molecule has 0 saturated heterocycles. The first kappa shape index (κ1) is 14.6. The lowest BCUT2D eigenvalue weighted by atomic mass is 9.92. The van der Waals surface area contributed by atoms with Crippen molar-refractivity contribution in [3.63, 3.8) is 0 Å². The van der Waals surface area contributed by atoms with Gasteiger partial charge in [-0.1, -0.05) is 0 Å². The second-order valence-corrected chi connectivity index (χ2v) is 4.71. The lowest BCUT2D eigenvalue weighted by molar-refractivity contribution is 0.0981. The molecular formula is C15H13NO5. The van der Waals surface area contributed by atoms with Gasteiger partial charge in [-0.2, -0.15) is 0 Å². The highest BCUT2D eigenvalue weighted by Crippen LogP contribution is 2.36. The minimum atomic E-state index is -0.697. The quantitative estimate of drug-likeness (QED) is 0.839. The van der Waals surface area contributed by atoms with E-state index in [9.17, 15) is 24.6 Å². The number of fused-ring (bicyclic) bond motifs is 1. The molecular weight excluding hydrogens is 274 g/mol. The molecule has 0 spiro atoms. The van der Waals surface area contributed by atoms with E-state index in [4.69, 9.17) is 0 Å². The number of hydrogen-bond acceptors (Lipinski definition) is 6. The number of benzene rings is 1. The Balaban J connectivity index is 3.14. The molecule has 0 atom stereocenters. The van der Waals surface area contributed by atoms with Crippen LogP contribution in [0.25, 0.3) is 10.9 Å². The number of aromatic nitrogens is 1. The van der Waals surface area contributed by atoms with Crippen LogP contribution in [0.5, 0.6) is 11.6 Å². The first-order valence-electron chi connectivity index (χ1n) is 6.17. The molecule has 6 heteroatoms. The molecule has 1 aromatic heterocycles. The fourth-order valence-corrected chi connectivity index (χ4v) is 2.34. The topological polar surface area (TPSA) is 105 Å². The van der Waals surface area contributed by atoms with Crippen LogP contribution in [0.15, 0.2) is 12.1 Å². The normalized spacial score (nSPS) is 10.6. The second kappa shape index (κ2) is 4.97. The highest BCUT2D eigenvalue weighted by atomic mass is 16.3. The molecule has 0 aliphatic carbocycles. The van der Waals surface area contributed by atoms with Crippen molar-refractivity contribution in [2.75, 3.05) is 0 Å². The summed E-state index contributed by atoms with van der Waals surface area (Å²) in [4.78, 5) is 39.1. The SMILES string of the molecule is CC(=O)c1ccc2nc(O)c(O)c(C(C)=O)c2c1C(C)=O. The van der Waals surface area contributed by atoms with E-state index in [0.29, 0.717) is 0 Å². The summed E-state index contributed by atoms with van der Waals surface area (Å²) < 4.78 is 0. The van der Waals surface area contributed by atoms with Gasteiger partial charge in [0, 0.05) is 16.5 Å². The summed E-state index contributed by atoms with van der Waals surface area (Å²) in [5, 5.41) is 19.5. The highest BCUT2D eigenvalue weighted by molar-refractivity contribution is 6.21. The maximum absolute atomic E-state index is 11.9. The smallest absolute Gasteiger partial charge is 0.255 e. The Kier molecular flexibility index (Phi) is 3.47. The lowest BCUT2D eigenvalue weighted by Gasteiger charge is -2.13. The van der Waals surface area contributed by atoms with E-state index >= 15 is 0 Å². The van der Waals surface area contributed by atoms with Crippen LogP contribution in [0.3, 0.4) is 0 Å². The molecule has 1 heterocycles. The molecule has 2 N–H and O–H groups in total. The predicted molar refractivity (Wildman–Crippen MR) is 75.1 cm³/mol. The van der Waals surface area contributed by atoms with E-state index in [-0.39, 0.29) is 33.4 Å². The Labute approximate surface area is 120 Å². The maximum Gasteiger partial charge on any atom is 0.255 e. The van der Waals surface area contributed by atoms with Crippen LogP contribution in [0, 0.1) is 0 Å². The van der Waals surface area contributed by atoms with Crippen molar-refractivity contribution in [2.24, 2.45) is 0 Å². The molecule has 0 aliphatic heterocycles. The van der Waals surface area contributed by atoms with Crippen molar-refractivity contribution in [3.8, 4) is 11.6 Å².